The molecule has 1 aromatic heterocycles. The Balaban J connectivity index is 2.13. The monoisotopic (exact) mass is 309 g/mol. The first-order valence-electron chi connectivity index (χ1n) is 6.20. The molecule has 0 bridgehead atoms. The van der Waals surface area contributed by atoms with Crippen LogP contribution in [-0.2, 0) is 14.3 Å². The Hall–Kier alpha value is -1.93. The summed E-state index contributed by atoms with van der Waals surface area (Å²) in [6.07, 6.45) is 1.45. The molecule has 2 rings (SSSR count). The molecular weight excluding hydrogens is 296 g/mol. The van der Waals surface area contributed by atoms with Gasteiger partial charge in [0.15, 0.2) is 0 Å². The molecule has 7 nitrogen and oxygen atoms in total. The van der Waals surface area contributed by atoms with Gasteiger partial charge in [0.05, 0.1) is 24.4 Å². The minimum absolute atomic E-state index is 0.0241. The van der Waals surface area contributed by atoms with Crippen LogP contribution in [0.5, 0.6) is 0 Å². The number of methoxy groups -OCH3 is 1. The van der Waals surface area contributed by atoms with Crippen molar-refractivity contribution >= 4 is 29.5 Å². The molecule has 0 spiro atoms. The van der Waals surface area contributed by atoms with Crippen molar-refractivity contribution in [3.63, 3.8) is 0 Å². The average molecular weight is 309 g/mol. The zero-order valence-corrected chi connectivity index (χ0v) is 12.1. The van der Waals surface area contributed by atoms with E-state index in [2.05, 4.69) is 4.98 Å². The molecule has 0 saturated carbocycles. The van der Waals surface area contributed by atoms with Gasteiger partial charge in [-0.05, 0) is 12.1 Å². The van der Waals surface area contributed by atoms with Gasteiger partial charge in [-0.3, -0.25) is 14.5 Å². The van der Waals surface area contributed by atoms with Gasteiger partial charge < -0.3 is 14.6 Å². The second kappa shape index (κ2) is 6.68. The van der Waals surface area contributed by atoms with Crippen molar-refractivity contribution in [3.8, 4) is 0 Å². The average Bonchev–Trinajstić information content (AvgIpc) is 2.72. The number of nitrogens with zero attached hydrogens (tertiary/aromatic N) is 2. The number of ether oxygens (including phenoxy) is 1. The molecule has 0 radical (unpaired) electrons. The summed E-state index contributed by atoms with van der Waals surface area (Å²) < 4.78 is 4.85. The number of carboxylic acids is 1. The predicted octanol–water partition coefficient (Wildman–Crippen LogP) is -0.689. The molecular formula is C13H13N2O5S-. The van der Waals surface area contributed by atoms with Crippen LogP contribution in [0.1, 0.15) is 16.8 Å². The smallest absolute Gasteiger partial charge is 0.243 e. The molecule has 0 aromatic carbocycles. The van der Waals surface area contributed by atoms with E-state index in [0.29, 0.717) is 0 Å². The summed E-state index contributed by atoms with van der Waals surface area (Å²) in [6, 6.07) is 2.83. The topological polar surface area (TPSA) is 99.6 Å². The summed E-state index contributed by atoms with van der Waals surface area (Å²) in [5, 5.41) is 10.5. The van der Waals surface area contributed by atoms with E-state index in [1.165, 1.54) is 25.4 Å². The number of imide groups is 1. The van der Waals surface area contributed by atoms with Gasteiger partial charge in [-0.1, -0.05) is 11.8 Å². The van der Waals surface area contributed by atoms with Gasteiger partial charge in [-0.25, -0.2) is 4.98 Å². The largest absolute Gasteiger partial charge is 0.545 e. The van der Waals surface area contributed by atoms with E-state index in [9.17, 15) is 19.5 Å². The van der Waals surface area contributed by atoms with Gasteiger partial charge >= 0.3 is 0 Å². The van der Waals surface area contributed by atoms with E-state index in [1.54, 1.807) is 0 Å². The summed E-state index contributed by atoms with van der Waals surface area (Å²) in [4.78, 5) is 40.0. The number of aromatic carboxylic acids is 1. The first kappa shape index (κ1) is 15.5. The number of carbonyl (C=O) groups is 3. The van der Waals surface area contributed by atoms with Crippen molar-refractivity contribution in [1.29, 1.82) is 0 Å². The lowest BCUT2D eigenvalue weighted by atomic mass is 10.3. The molecule has 2 heterocycles. The van der Waals surface area contributed by atoms with E-state index in [-0.39, 0.29) is 42.0 Å². The number of rotatable bonds is 6. The number of amides is 2. The minimum atomic E-state index is -1.36. The van der Waals surface area contributed by atoms with Gasteiger partial charge in [0.25, 0.3) is 0 Å². The Morgan fingerprint density at radius 1 is 1.57 bits per heavy atom. The van der Waals surface area contributed by atoms with Crippen molar-refractivity contribution in [2.24, 2.45) is 0 Å². The van der Waals surface area contributed by atoms with Gasteiger partial charge in [-0.2, -0.15) is 0 Å². The lowest BCUT2D eigenvalue weighted by molar-refractivity contribution is -0.255. The quantitative estimate of drug-likeness (QED) is 0.641. The van der Waals surface area contributed by atoms with Gasteiger partial charge in [0.2, 0.25) is 11.8 Å². The third kappa shape index (κ3) is 3.40. The standard InChI is InChI=1S/C13H14N2O5S/c1-20-6-5-15-10(16)7-9(12(15)17)21-11-8(13(18)19)3-2-4-14-11/h2-4,9H,5-7H2,1H3,(H,18,19)/p-1/t9-/m1/s1. The fourth-order valence-electron chi connectivity index (χ4n) is 1.94. The van der Waals surface area contributed by atoms with E-state index < -0.39 is 11.2 Å². The maximum atomic E-state index is 12.1. The summed E-state index contributed by atoms with van der Waals surface area (Å²) in [5.74, 6) is -2.00. The third-order valence-corrected chi connectivity index (χ3v) is 4.17. The van der Waals surface area contributed by atoms with E-state index in [1.807, 2.05) is 0 Å². The van der Waals surface area contributed by atoms with E-state index >= 15 is 0 Å². The lowest BCUT2D eigenvalue weighted by Gasteiger charge is -2.14. The second-order valence-corrected chi connectivity index (χ2v) is 5.52. The van der Waals surface area contributed by atoms with Crippen molar-refractivity contribution in [3.05, 3.63) is 23.9 Å². The maximum Gasteiger partial charge on any atom is 0.243 e. The molecule has 2 amide bonds. The number of aromatic nitrogens is 1. The highest BCUT2D eigenvalue weighted by Gasteiger charge is 2.39. The SMILES string of the molecule is COCCN1C(=O)C[C@@H](Sc2ncccc2C(=O)[O-])C1=O. The van der Waals surface area contributed by atoms with Gasteiger partial charge in [0.1, 0.15) is 5.03 Å². The normalized spacial score (nSPS) is 18.3. The van der Waals surface area contributed by atoms with Crippen LogP contribution in [0.2, 0.25) is 0 Å². The van der Waals surface area contributed by atoms with Gasteiger partial charge in [0, 0.05) is 25.3 Å². The second-order valence-electron chi connectivity index (χ2n) is 4.33. The van der Waals surface area contributed by atoms with Crippen molar-refractivity contribution in [1.82, 2.24) is 9.88 Å². The molecule has 1 aliphatic heterocycles. The maximum absolute atomic E-state index is 12.1. The van der Waals surface area contributed by atoms with Crippen LogP contribution in [0.25, 0.3) is 0 Å². The first-order valence-corrected chi connectivity index (χ1v) is 7.08. The Bertz CT molecular complexity index is 577. The number of likely N-dealkylation sites (tertiary alicyclic amines) is 1. The van der Waals surface area contributed by atoms with E-state index in [4.69, 9.17) is 4.74 Å². The number of hydrogen-bond donors (Lipinski definition) is 0. The molecule has 1 saturated heterocycles. The Labute approximate surface area is 125 Å². The summed E-state index contributed by atoms with van der Waals surface area (Å²) >= 11 is 0.970. The highest BCUT2D eigenvalue weighted by Crippen LogP contribution is 2.31. The molecule has 1 atom stereocenters. The lowest BCUT2D eigenvalue weighted by Crippen LogP contribution is -2.34. The third-order valence-electron chi connectivity index (χ3n) is 2.97. The van der Waals surface area contributed by atoms with Crippen LogP contribution in [0.4, 0.5) is 0 Å². The number of hydrogen-bond acceptors (Lipinski definition) is 7. The Morgan fingerprint density at radius 3 is 3.00 bits per heavy atom. The Morgan fingerprint density at radius 2 is 2.33 bits per heavy atom. The van der Waals surface area contributed by atoms with Crippen molar-refractivity contribution < 1.29 is 24.2 Å². The van der Waals surface area contributed by atoms with Crippen LogP contribution in [0.15, 0.2) is 23.4 Å². The molecule has 1 aromatic rings. The van der Waals surface area contributed by atoms with Crippen molar-refractivity contribution in [2.75, 3.05) is 20.3 Å². The van der Waals surface area contributed by atoms with Crippen LogP contribution in [0.3, 0.4) is 0 Å². The molecule has 112 valence electrons. The summed E-state index contributed by atoms with van der Waals surface area (Å²) in [6.45, 7) is 0.462. The zero-order valence-electron chi connectivity index (χ0n) is 11.3. The highest BCUT2D eigenvalue weighted by atomic mass is 32.2. The molecule has 0 aliphatic carbocycles. The van der Waals surface area contributed by atoms with Gasteiger partial charge in [-0.15, -0.1) is 0 Å². The van der Waals surface area contributed by atoms with Crippen molar-refractivity contribution in [2.45, 2.75) is 16.7 Å². The number of pyridine rings is 1. The molecule has 1 fully saturated rings. The van der Waals surface area contributed by atoms with Crippen LogP contribution >= 0.6 is 11.8 Å². The Kier molecular flexibility index (Phi) is 4.92. The molecule has 0 unspecified atom stereocenters. The predicted molar refractivity (Wildman–Crippen MR) is 71.4 cm³/mol. The summed E-state index contributed by atoms with van der Waals surface area (Å²) in [7, 11) is 1.48. The number of carbonyl (C=O) groups excluding carboxylic acids is 3. The number of carboxylic acid groups (broad SMARTS) is 1. The van der Waals surface area contributed by atoms with E-state index in [0.717, 1.165) is 16.7 Å². The van der Waals surface area contributed by atoms with Crippen LogP contribution in [-0.4, -0.2) is 53.2 Å². The van der Waals surface area contributed by atoms with Crippen LogP contribution in [0, 0.1) is 0 Å². The fraction of sp³-hybridized carbons (Fsp3) is 0.385. The molecule has 21 heavy (non-hydrogen) atoms. The summed E-state index contributed by atoms with van der Waals surface area (Å²) in [5.41, 5.74) is -0.0851. The molecule has 1 aliphatic rings. The highest BCUT2D eigenvalue weighted by molar-refractivity contribution is 8.00. The van der Waals surface area contributed by atoms with Crippen LogP contribution < -0.4 is 5.11 Å². The fourth-order valence-corrected chi connectivity index (χ4v) is 3.06. The zero-order chi connectivity index (χ0) is 15.4. The molecule has 8 heteroatoms. The number of thioether (sulfide) groups is 1. The molecule has 0 N–H and O–H groups in total. The minimum Gasteiger partial charge on any atom is -0.545 e. The first-order chi connectivity index (χ1) is 10.0.